The number of carbonyl (C=O) groups is 1. The minimum Gasteiger partial charge on any atom is -0.439 e. The highest BCUT2D eigenvalue weighted by Crippen LogP contribution is 2.30. The van der Waals surface area contributed by atoms with Gasteiger partial charge in [0.25, 0.3) is 0 Å². The number of amides is 1. The van der Waals surface area contributed by atoms with Crippen LogP contribution in [0, 0.1) is 0 Å². The van der Waals surface area contributed by atoms with Gasteiger partial charge in [0.1, 0.15) is 12.1 Å². The molecule has 0 spiro atoms. The van der Waals surface area contributed by atoms with Crippen LogP contribution in [0.3, 0.4) is 0 Å². The molecule has 0 bridgehead atoms. The fourth-order valence-electron chi connectivity index (χ4n) is 4.57. The quantitative estimate of drug-likeness (QED) is 0.348. The highest BCUT2D eigenvalue weighted by molar-refractivity contribution is 5.98. The fourth-order valence-corrected chi connectivity index (χ4v) is 4.57. The van der Waals surface area contributed by atoms with Crippen molar-refractivity contribution in [1.29, 1.82) is 0 Å². The summed E-state index contributed by atoms with van der Waals surface area (Å²) in [5.41, 5.74) is 0.921. The Morgan fingerprint density at radius 3 is 2.50 bits per heavy atom. The number of anilines is 1. The van der Waals surface area contributed by atoms with Crippen molar-refractivity contribution in [3.63, 3.8) is 0 Å². The molecule has 38 heavy (non-hydrogen) atoms. The number of alkyl halides is 3. The van der Waals surface area contributed by atoms with E-state index in [1.54, 1.807) is 36.5 Å². The summed E-state index contributed by atoms with van der Waals surface area (Å²) in [6.07, 6.45) is -1.06. The van der Waals surface area contributed by atoms with E-state index in [4.69, 9.17) is 9.47 Å². The van der Waals surface area contributed by atoms with Crippen LogP contribution in [0.15, 0.2) is 67.1 Å². The van der Waals surface area contributed by atoms with Gasteiger partial charge in [-0.1, -0.05) is 0 Å². The smallest absolute Gasteiger partial charge is 0.416 e. The monoisotopic (exact) mass is 525 g/mol. The molecular formula is C27H26F3N5O3. The van der Waals surface area contributed by atoms with E-state index in [2.05, 4.69) is 34.0 Å². The van der Waals surface area contributed by atoms with Crippen LogP contribution < -0.4 is 10.1 Å². The Kier molecular flexibility index (Phi) is 7.04. The second-order valence-electron chi connectivity index (χ2n) is 9.31. The molecule has 0 saturated carbocycles. The van der Waals surface area contributed by atoms with E-state index < -0.39 is 17.8 Å². The average molecular weight is 526 g/mol. The molecule has 11 heteroatoms. The van der Waals surface area contributed by atoms with Crippen LogP contribution in [-0.4, -0.2) is 50.8 Å². The zero-order valence-corrected chi connectivity index (χ0v) is 20.8. The molecular weight excluding hydrogens is 499 g/mol. The second kappa shape index (κ2) is 10.4. The molecule has 0 radical (unpaired) electrons. The molecule has 198 valence electrons. The number of rotatable bonds is 5. The fraction of sp³-hybridized carbons (Fsp3) is 0.296. The summed E-state index contributed by atoms with van der Waals surface area (Å²) in [4.78, 5) is 23.6. The van der Waals surface area contributed by atoms with E-state index in [9.17, 15) is 18.0 Å². The first-order valence-electron chi connectivity index (χ1n) is 12.1. The number of benzene rings is 2. The van der Waals surface area contributed by atoms with Gasteiger partial charge < -0.3 is 14.8 Å². The normalized spacial score (nSPS) is 18.4. The first kappa shape index (κ1) is 25.7. The lowest BCUT2D eigenvalue weighted by Gasteiger charge is -2.35. The molecule has 4 aromatic rings. The molecule has 1 N–H and O–H groups in total. The molecule has 0 unspecified atom stereocenters. The van der Waals surface area contributed by atoms with Gasteiger partial charge >= 0.3 is 12.2 Å². The molecule has 3 heterocycles. The number of hydrogen-bond donors (Lipinski definition) is 1. The van der Waals surface area contributed by atoms with Crippen molar-refractivity contribution in [2.45, 2.75) is 38.8 Å². The summed E-state index contributed by atoms with van der Waals surface area (Å²) in [7, 11) is 0. The third kappa shape index (κ3) is 5.95. The van der Waals surface area contributed by atoms with Crippen LogP contribution in [0.4, 0.5) is 23.7 Å². The third-order valence-corrected chi connectivity index (χ3v) is 6.15. The third-order valence-electron chi connectivity index (χ3n) is 6.15. The number of ether oxygens (including phenoxy) is 2. The van der Waals surface area contributed by atoms with Crippen LogP contribution >= 0.6 is 0 Å². The molecule has 8 nitrogen and oxygen atoms in total. The number of nitrogens with one attached hydrogen (secondary N) is 1. The first-order chi connectivity index (χ1) is 18.1. The zero-order chi connectivity index (χ0) is 26.9. The second-order valence-corrected chi connectivity index (χ2v) is 9.31. The van der Waals surface area contributed by atoms with Gasteiger partial charge in [0.05, 0.1) is 29.0 Å². The minimum absolute atomic E-state index is 0.160. The van der Waals surface area contributed by atoms with Crippen molar-refractivity contribution >= 4 is 22.6 Å². The lowest BCUT2D eigenvalue weighted by atomic mass is 10.2. The van der Waals surface area contributed by atoms with Crippen molar-refractivity contribution in [3.8, 4) is 11.6 Å². The maximum Gasteiger partial charge on any atom is 0.416 e. The number of aromatic nitrogens is 3. The van der Waals surface area contributed by atoms with Crippen LogP contribution in [0.5, 0.6) is 11.6 Å². The molecule has 2 aromatic heterocycles. The lowest BCUT2D eigenvalue weighted by Crippen LogP contribution is -2.44. The number of nitrogens with zero attached hydrogens (tertiary/aromatic N) is 4. The van der Waals surface area contributed by atoms with E-state index in [1.165, 1.54) is 23.0 Å². The summed E-state index contributed by atoms with van der Waals surface area (Å²) in [6.45, 7) is 6.42. The van der Waals surface area contributed by atoms with Gasteiger partial charge in [-0.2, -0.15) is 13.2 Å². The zero-order valence-electron chi connectivity index (χ0n) is 20.8. The highest BCUT2D eigenvalue weighted by atomic mass is 19.4. The number of halogens is 3. The summed E-state index contributed by atoms with van der Waals surface area (Å²) in [5, 5.41) is 3.36. The number of morpholine rings is 1. The van der Waals surface area contributed by atoms with Gasteiger partial charge in [0.15, 0.2) is 0 Å². The molecule has 2 aromatic carbocycles. The van der Waals surface area contributed by atoms with E-state index in [0.717, 1.165) is 36.3 Å². The van der Waals surface area contributed by atoms with E-state index in [-0.39, 0.29) is 17.9 Å². The molecule has 1 amide bonds. The number of carbonyl (C=O) groups excluding carboxylic acids is 1. The average Bonchev–Trinajstić information content (AvgIpc) is 3.27. The summed E-state index contributed by atoms with van der Waals surface area (Å²) < 4.78 is 51.5. The van der Waals surface area contributed by atoms with Crippen molar-refractivity contribution in [1.82, 2.24) is 19.4 Å². The van der Waals surface area contributed by atoms with Gasteiger partial charge in [-0.15, -0.1) is 0 Å². The summed E-state index contributed by atoms with van der Waals surface area (Å²) >= 11 is 0. The molecule has 0 aliphatic carbocycles. The van der Waals surface area contributed by atoms with Crippen LogP contribution in [0.2, 0.25) is 0 Å². The SMILES string of the molecule is C[C@@H]1CN(Cc2cc(Oc3ccc4c(ccn4C(=O)Nc4ccc(C(F)(F)F)cc4)c3)ncn2)C[C@H](C)O1. The molecule has 1 aliphatic rings. The number of fused-ring (bicyclic) bond motifs is 1. The predicted octanol–water partition coefficient (Wildman–Crippen LogP) is 5.93. The predicted molar refractivity (Wildman–Crippen MR) is 135 cm³/mol. The lowest BCUT2D eigenvalue weighted by molar-refractivity contribution is -0.137. The Labute approximate surface area is 217 Å². The maximum absolute atomic E-state index is 12.8. The van der Waals surface area contributed by atoms with Crippen LogP contribution in [0.1, 0.15) is 25.1 Å². The molecule has 2 atom stereocenters. The Morgan fingerprint density at radius 1 is 1.05 bits per heavy atom. The van der Waals surface area contributed by atoms with Crippen LogP contribution in [-0.2, 0) is 17.5 Å². The topological polar surface area (TPSA) is 81.5 Å². The standard InChI is InChI=1S/C27H26F3N5O3/c1-17-13-34(14-18(2)37-17)15-22-12-25(32-16-31-22)38-23-7-8-24-19(11-23)9-10-35(24)26(36)33-21-5-3-20(4-6-21)27(28,29)30/h3-12,16-18H,13-15H2,1-2H3,(H,33,36)/t17-,18+. The minimum atomic E-state index is -4.44. The first-order valence-corrected chi connectivity index (χ1v) is 12.1. The van der Waals surface area contributed by atoms with Gasteiger partial charge in [-0.05, 0) is 62.4 Å². The van der Waals surface area contributed by atoms with Gasteiger partial charge in [-0.3, -0.25) is 9.47 Å². The Bertz CT molecular complexity index is 1430. The van der Waals surface area contributed by atoms with Crippen LogP contribution in [0.25, 0.3) is 10.9 Å². The molecule has 1 aliphatic heterocycles. The van der Waals surface area contributed by atoms with E-state index in [0.29, 0.717) is 23.7 Å². The maximum atomic E-state index is 12.8. The van der Waals surface area contributed by atoms with Crippen molar-refractivity contribution < 1.29 is 27.4 Å². The molecule has 5 rings (SSSR count). The summed E-state index contributed by atoms with van der Waals surface area (Å²) in [5.74, 6) is 0.944. The Hall–Kier alpha value is -3.96. The number of hydrogen-bond acceptors (Lipinski definition) is 6. The van der Waals surface area contributed by atoms with Crippen molar-refractivity contribution in [3.05, 3.63) is 78.4 Å². The molecule has 1 fully saturated rings. The van der Waals surface area contributed by atoms with Gasteiger partial charge in [0, 0.05) is 43.0 Å². The largest absolute Gasteiger partial charge is 0.439 e. The highest BCUT2D eigenvalue weighted by Gasteiger charge is 2.30. The van der Waals surface area contributed by atoms with Gasteiger partial charge in [0.2, 0.25) is 5.88 Å². The Morgan fingerprint density at radius 2 is 1.79 bits per heavy atom. The summed E-state index contributed by atoms with van der Waals surface area (Å²) in [6, 6.07) is 12.6. The van der Waals surface area contributed by atoms with Crippen molar-refractivity contribution in [2.75, 3.05) is 18.4 Å². The Balaban J connectivity index is 1.26. The van der Waals surface area contributed by atoms with Gasteiger partial charge in [-0.25, -0.2) is 14.8 Å². The van der Waals surface area contributed by atoms with E-state index >= 15 is 0 Å². The van der Waals surface area contributed by atoms with Crippen molar-refractivity contribution in [2.24, 2.45) is 0 Å². The molecule has 1 saturated heterocycles. The van der Waals surface area contributed by atoms with E-state index in [1.807, 2.05) is 0 Å².